The minimum absolute atomic E-state index is 1.03. The van der Waals surface area contributed by atoms with E-state index >= 15 is 0 Å². The Balaban J connectivity index is 1.78. The van der Waals surface area contributed by atoms with Crippen molar-refractivity contribution in [1.82, 2.24) is 4.57 Å². The third-order valence-electron chi connectivity index (χ3n) is 5.33. The van der Waals surface area contributed by atoms with Crippen LogP contribution in [0.2, 0.25) is 0 Å². The molecule has 4 aromatic rings. The van der Waals surface area contributed by atoms with Crippen LogP contribution in [0.15, 0.2) is 83.5 Å². The first-order chi connectivity index (χ1) is 13.2. The zero-order valence-corrected chi connectivity index (χ0v) is 16.8. The fourth-order valence-electron chi connectivity index (χ4n) is 3.94. The Morgan fingerprint density at radius 2 is 1.59 bits per heavy atom. The predicted octanol–water partition coefficient (Wildman–Crippen LogP) is 5.59. The number of aromatic nitrogens is 2. The van der Waals surface area contributed by atoms with Gasteiger partial charge in [-0.3, -0.25) is 0 Å². The monoisotopic (exact) mass is 415 g/mol. The second kappa shape index (κ2) is 6.50. The van der Waals surface area contributed by atoms with Crippen LogP contribution in [0.4, 0.5) is 0 Å². The Kier molecular flexibility index (Phi) is 3.98. The van der Waals surface area contributed by atoms with Crippen molar-refractivity contribution in [2.75, 3.05) is 0 Å². The van der Waals surface area contributed by atoms with Gasteiger partial charge in [0.2, 0.25) is 0 Å². The number of hydrogen-bond donors (Lipinski definition) is 0. The SMILES string of the molecule is Cc1ccc(-n2cc(-c3ccc(Br)cc3)[n+]3c2CCc2ccccc2-3)cc1. The summed E-state index contributed by atoms with van der Waals surface area (Å²) < 4.78 is 5.89. The number of para-hydroxylation sites is 1. The number of nitrogens with zero attached hydrogens (tertiary/aromatic N) is 2. The number of halogens is 1. The molecule has 0 unspecified atom stereocenters. The molecule has 0 atom stereocenters. The lowest BCUT2D eigenvalue weighted by Gasteiger charge is -2.15. The average molecular weight is 416 g/mol. The lowest BCUT2D eigenvalue weighted by atomic mass is 10.0. The molecule has 3 heteroatoms. The molecule has 0 radical (unpaired) electrons. The second-order valence-electron chi connectivity index (χ2n) is 7.11. The molecule has 0 fully saturated rings. The van der Waals surface area contributed by atoms with E-state index in [1.165, 1.54) is 39.6 Å². The van der Waals surface area contributed by atoms with Crippen LogP contribution in [0.1, 0.15) is 17.0 Å². The van der Waals surface area contributed by atoms with Gasteiger partial charge in [-0.1, -0.05) is 51.8 Å². The van der Waals surface area contributed by atoms with Gasteiger partial charge in [-0.2, -0.15) is 9.13 Å². The number of rotatable bonds is 2. The highest BCUT2D eigenvalue weighted by atomic mass is 79.9. The Hall–Kier alpha value is -2.65. The maximum Gasteiger partial charge on any atom is 0.267 e. The summed E-state index contributed by atoms with van der Waals surface area (Å²) in [6.07, 6.45) is 4.39. The summed E-state index contributed by atoms with van der Waals surface area (Å²) in [5.74, 6) is 1.33. The molecule has 0 spiro atoms. The van der Waals surface area contributed by atoms with Gasteiger partial charge < -0.3 is 0 Å². The molecule has 0 aliphatic carbocycles. The van der Waals surface area contributed by atoms with Gasteiger partial charge in [0.15, 0.2) is 5.69 Å². The number of fused-ring (bicyclic) bond motifs is 3. The molecule has 2 heterocycles. The van der Waals surface area contributed by atoms with Crippen LogP contribution in [0.3, 0.4) is 0 Å². The zero-order chi connectivity index (χ0) is 18.4. The van der Waals surface area contributed by atoms with E-state index in [1.807, 2.05) is 0 Å². The zero-order valence-electron chi connectivity index (χ0n) is 15.2. The maximum atomic E-state index is 3.56. The fraction of sp³-hybridized carbons (Fsp3) is 0.125. The third kappa shape index (κ3) is 2.83. The molecule has 0 saturated heterocycles. The van der Waals surface area contributed by atoms with Gasteiger partial charge in [0.05, 0.1) is 6.42 Å². The summed E-state index contributed by atoms with van der Waals surface area (Å²) in [4.78, 5) is 0. The van der Waals surface area contributed by atoms with Crippen LogP contribution in [0.5, 0.6) is 0 Å². The van der Waals surface area contributed by atoms with Crippen LogP contribution in [0, 0.1) is 6.92 Å². The first-order valence-electron chi connectivity index (χ1n) is 9.28. The smallest absolute Gasteiger partial charge is 0.199 e. The first-order valence-corrected chi connectivity index (χ1v) is 10.1. The Bertz CT molecular complexity index is 1120. The summed E-state index contributed by atoms with van der Waals surface area (Å²) in [6, 6.07) is 26.1. The van der Waals surface area contributed by atoms with E-state index in [-0.39, 0.29) is 0 Å². The van der Waals surface area contributed by atoms with E-state index in [2.05, 4.69) is 111 Å². The van der Waals surface area contributed by atoms with Gasteiger partial charge >= 0.3 is 0 Å². The average Bonchev–Trinajstić information content (AvgIpc) is 3.09. The number of benzene rings is 3. The minimum atomic E-state index is 1.03. The van der Waals surface area contributed by atoms with Gasteiger partial charge in [-0.15, -0.1) is 0 Å². The summed E-state index contributed by atoms with van der Waals surface area (Å²) in [5, 5.41) is 0. The predicted molar refractivity (Wildman–Crippen MR) is 113 cm³/mol. The van der Waals surface area contributed by atoms with Gasteiger partial charge in [0.25, 0.3) is 5.82 Å². The maximum absolute atomic E-state index is 3.56. The van der Waals surface area contributed by atoms with E-state index in [1.54, 1.807) is 0 Å². The normalized spacial score (nSPS) is 12.5. The molecule has 0 N–H and O–H groups in total. The lowest BCUT2D eigenvalue weighted by Crippen LogP contribution is -2.41. The van der Waals surface area contributed by atoms with E-state index in [0.717, 1.165) is 17.3 Å². The van der Waals surface area contributed by atoms with Crippen molar-refractivity contribution in [3.05, 3.63) is 100 Å². The van der Waals surface area contributed by atoms with E-state index < -0.39 is 0 Å². The van der Waals surface area contributed by atoms with Gasteiger partial charge in [0, 0.05) is 10.0 Å². The summed E-state index contributed by atoms with van der Waals surface area (Å²) >= 11 is 3.56. The molecule has 27 heavy (non-hydrogen) atoms. The largest absolute Gasteiger partial charge is 0.267 e. The molecule has 1 aromatic heterocycles. The van der Waals surface area contributed by atoms with Gasteiger partial charge in [-0.25, -0.2) is 0 Å². The quantitative estimate of drug-likeness (QED) is 0.377. The van der Waals surface area contributed by atoms with Crippen LogP contribution in [0.25, 0.3) is 22.6 Å². The number of imidazole rings is 1. The molecule has 132 valence electrons. The molecule has 5 rings (SSSR count). The fourth-order valence-corrected chi connectivity index (χ4v) is 4.21. The number of aryl methyl sites for hydroxylation is 2. The van der Waals surface area contributed by atoms with Crippen molar-refractivity contribution in [1.29, 1.82) is 0 Å². The second-order valence-corrected chi connectivity index (χ2v) is 8.02. The van der Waals surface area contributed by atoms with Gasteiger partial charge in [0.1, 0.15) is 17.6 Å². The van der Waals surface area contributed by atoms with Crippen molar-refractivity contribution >= 4 is 15.9 Å². The van der Waals surface area contributed by atoms with E-state index in [9.17, 15) is 0 Å². The Morgan fingerprint density at radius 1 is 0.852 bits per heavy atom. The Morgan fingerprint density at radius 3 is 2.37 bits per heavy atom. The molecular weight excluding hydrogens is 396 g/mol. The first kappa shape index (κ1) is 16.5. The molecule has 0 bridgehead atoms. The highest BCUT2D eigenvalue weighted by Gasteiger charge is 2.31. The van der Waals surface area contributed by atoms with Crippen molar-refractivity contribution < 1.29 is 4.57 Å². The molecule has 2 nitrogen and oxygen atoms in total. The van der Waals surface area contributed by atoms with Gasteiger partial charge in [-0.05, 0) is 61.4 Å². The van der Waals surface area contributed by atoms with Crippen LogP contribution >= 0.6 is 15.9 Å². The number of hydrogen-bond acceptors (Lipinski definition) is 0. The minimum Gasteiger partial charge on any atom is -0.199 e. The molecule has 0 saturated carbocycles. The topological polar surface area (TPSA) is 8.81 Å². The van der Waals surface area contributed by atoms with Crippen LogP contribution in [-0.4, -0.2) is 4.57 Å². The van der Waals surface area contributed by atoms with Crippen LogP contribution < -0.4 is 4.57 Å². The van der Waals surface area contributed by atoms with E-state index in [4.69, 9.17) is 0 Å². The Labute approximate surface area is 167 Å². The lowest BCUT2D eigenvalue weighted by molar-refractivity contribution is -0.595. The summed E-state index contributed by atoms with van der Waals surface area (Å²) in [6.45, 7) is 2.13. The summed E-state index contributed by atoms with van der Waals surface area (Å²) in [5.41, 5.74) is 7.66. The van der Waals surface area contributed by atoms with Crippen molar-refractivity contribution in [2.24, 2.45) is 0 Å². The summed E-state index contributed by atoms with van der Waals surface area (Å²) in [7, 11) is 0. The highest BCUT2D eigenvalue weighted by Crippen LogP contribution is 2.28. The van der Waals surface area contributed by atoms with Crippen molar-refractivity contribution in [2.45, 2.75) is 19.8 Å². The highest BCUT2D eigenvalue weighted by molar-refractivity contribution is 9.10. The van der Waals surface area contributed by atoms with Crippen molar-refractivity contribution in [3.8, 4) is 22.6 Å². The molecule has 1 aliphatic rings. The standard InChI is InChI=1S/C24H20BrN2/c1-17-6-13-21(14-7-17)26-16-23(19-8-11-20(25)12-9-19)27-22-5-3-2-4-18(22)10-15-24(26)27/h2-9,11-14,16H,10,15H2,1H3/q+1. The third-order valence-corrected chi connectivity index (χ3v) is 5.86. The molecular formula is C24H20BrN2+. The molecule has 1 aliphatic heterocycles. The molecule has 0 amide bonds. The molecule has 3 aromatic carbocycles. The van der Waals surface area contributed by atoms with Crippen LogP contribution in [-0.2, 0) is 12.8 Å². The van der Waals surface area contributed by atoms with E-state index in [0.29, 0.717) is 0 Å². The van der Waals surface area contributed by atoms with Crippen molar-refractivity contribution in [3.63, 3.8) is 0 Å².